The Morgan fingerprint density at radius 3 is 2.60 bits per heavy atom. The smallest absolute Gasteiger partial charge is 0.256 e. The van der Waals surface area contributed by atoms with Crippen LogP contribution in [0.3, 0.4) is 0 Å². The van der Waals surface area contributed by atoms with Crippen LogP contribution in [-0.4, -0.2) is 38.8 Å². The molecule has 0 spiro atoms. The van der Waals surface area contributed by atoms with E-state index in [9.17, 15) is 13.2 Å². The van der Waals surface area contributed by atoms with Crippen molar-refractivity contribution < 1.29 is 17.9 Å². The Balaban J connectivity index is 1.90. The Labute approximate surface area is 151 Å². The third-order valence-electron chi connectivity index (χ3n) is 4.16. The number of methoxy groups -OCH3 is 1. The summed E-state index contributed by atoms with van der Waals surface area (Å²) in [5.41, 5.74) is 0.869. The molecule has 3 rings (SSSR count). The first-order valence-corrected chi connectivity index (χ1v) is 10.4. The lowest BCUT2D eigenvalue weighted by atomic mass is 10.2. The summed E-state index contributed by atoms with van der Waals surface area (Å²) in [6, 6.07) is 6.26. The molecule has 25 heavy (non-hydrogen) atoms. The van der Waals surface area contributed by atoms with Gasteiger partial charge in [-0.05, 0) is 42.5 Å². The summed E-state index contributed by atoms with van der Waals surface area (Å²) >= 11 is 1.42. The molecule has 1 saturated heterocycles. The van der Waals surface area contributed by atoms with Crippen molar-refractivity contribution in [3.8, 4) is 5.75 Å². The number of hydrogen-bond acceptors (Lipinski definition) is 5. The quantitative estimate of drug-likeness (QED) is 0.864. The average Bonchev–Trinajstić information content (AvgIpc) is 3.17. The number of nitrogens with zero attached hydrogens (tertiary/aromatic N) is 1. The van der Waals surface area contributed by atoms with Crippen molar-refractivity contribution in [1.82, 2.24) is 4.31 Å². The molecule has 8 heteroatoms. The van der Waals surface area contributed by atoms with Gasteiger partial charge < -0.3 is 10.1 Å². The Morgan fingerprint density at radius 1 is 1.20 bits per heavy atom. The summed E-state index contributed by atoms with van der Waals surface area (Å²) in [6.07, 6.45) is 2.80. The number of anilines is 1. The molecule has 0 atom stereocenters. The predicted molar refractivity (Wildman–Crippen MR) is 97.9 cm³/mol. The first kappa shape index (κ1) is 17.9. The highest BCUT2D eigenvalue weighted by Gasteiger charge is 2.27. The second kappa shape index (κ2) is 7.55. The predicted octanol–water partition coefficient (Wildman–Crippen LogP) is 3.18. The lowest BCUT2D eigenvalue weighted by molar-refractivity contribution is 0.102. The molecule has 1 fully saturated rings. The van der Waals surface area contributed by atoms with Crippen LogP contribution in [-0.2, 0) is 10.0 Å². The molecule has 0 radical (unpaired) electrons. The highest BCUT2D eigenvalue weighted by molar-refractivity contribution is 7.89. The number of amides is 1. The summed E-state index contributed by atoms with van der Waals surface area (Å²) in [7, 11) is -2.09. The van der Waals surface area contributed by atoms with Crippen LogP contribution in [0, 0.1) is 0 Å². The van der Waals surface area contributed by atoms with Gasteiger partial charge in [0.15, 0.2) is 0 Å². The standard InChI is InChI=1S/C17H20N2O4S2/c1-23-16-6-5-14(25(21,22)19-8-3-2-4-9-19)11-15(16)18-17(20)13-7-10-24-12-13/h5-7,10-12H,2-4,8-9H2,1H3,(H,18,20). The maximum absolute atomic E-state index is 12.8. The number of carbonyl (C=O) groups is 1. The van der Waals surface area contributed by atoms with E-state index in [1.807, 2.05) is 5.38 Å². The van der Waals surface area contributed by atoms with E-state index in [0.717, 1.165) is 19.3 Å². The van der Waals surface area contributed by atoms with Gasteiger partial charge in [-0.15, -0.1) is 0 Å². The molecule has 0 saturated carbocycles. The van der Waals surface area contributed by atoms with Gasteiger partial charge in [-0.2, -0.15) is 15.6 Å². The molecule has 1 aliphatic heterocycles. The van der Waals surface area contributed by atoms with Crippen molar-refractivity contribution in [1.29, 1.82) is 0 Å². The molecule has 1 aliphatic rings. The van der Waals surface area contributed by atoms with Gasteiger partial charge in [0.25, 0.3) is 5.91 Å². The molecule has 0 unspecified atom stereocenters. The maximum Gasteiger partial charge on any atom is 0.256 e. The SMILES string of the molecule is COc1ccc(S(=O)(=O)N2CCCCC2)cc1NC(=O)c1ccsc1. The number of carbonyl (C=O) groups excluding carboxylic acids is 1. The van der Waals surface area contributed by atoms with Crippen molar-refractivity contribution in [2.24, 2.45) is 0 Å². The minimum atomic E-state index is -3.57. The van der Waals surface area contributed by atoms with Crippen LogP contribution < -0.4 is 10.1 Å². The minimum absolute atomic E-state index is 0.163. The van der Waals surface area contributed by atoms with E-state index < -0.39 is 10.0 Å². The van der Waals surface area contributed by atoms with Crippen LogP contribution in [0.25, 0.3) is 0 Å². The zero-order chi connectivity index (χ0) is 17.9. The van der Waals surface area contributed by atoms with Crippen molar-refractivity contribution in [3.63, 3.8) is 0 Å². The van der Waals surface area contributed by atoms with E-state index in [0.29, 0.717) is 30.1 Å². The molecule has 1 amide bonds. The van der Waals surface area contributed by atoms with Crippen LogP contribution >= 0.6 is 11.3 Å². The first-order valence-electron chi connectivity index (χ1n) is 8.04. The Morgan fingerprint density at radius 2 is 1.96 bits per heavy atom. The van der Waals surface area contributed by atoms with E-state index >= 15 is 0 Å². The molecule has 1 N–H and O–H groups in total. The van der Waals surface area contributed by atoms with Crippen molar-refractivity contribution in [3.05, 3.63) is 40.6 Å². The fourth-order valence-corrected chi connectivity index (χ4v) is 4.97. The van der Waals surface area contributed by atoms with Crippen LogP contribution in [0.2, 0.25) is 0 Å². The molecule has 2 aromatic rings. The zero-order valence-electron chi connectivity index (χ0n) is 13.9. The normalized spacial score (nSPS) is 15.7. The fourth-order valence-electron chi connectivity index (χ4n) is 2.79. The molecule has 0 aliphatic carbocycles. The molecule has 2 heterocycles. The van der Waals surface area contributed by atoms with Crippen molar-refractivity contribution in [2.75, 3.05) is 25.5 Å². The lowest BCUT2D eigenvalue weighted by Crippen LogP contribution is -2.35. The minimum Gasteiger partial charge on any atom is -0.495 e. The van der Waals surface area contributed by atoms with Crippen LogP contribution in [0.5, 0.6) is 5.75 Å². The molecule has 134 valence electrons. The highest BCUT2D eigenvalue weighted by Crippen LogP contribution is 2.30. The van der Waals surface area contributed by atoms with Gasteiger partial charge in [-0.25, -0.2) is 8.42 Å². The van der Waals surface area contributed by atoms with Crippen molar-refractivity contribution >= 4 is 33.0 Å². The van der Waals surface area contributed by atoms with E-state index in [-0.39, 0.29) is 10.8 Å². The van der Waals surface area contributed by atoms with Gasteiger partial charge in [0, 0.05) is 18.5 Å². The van der Waals surface area contributed by atoms with Gasteiger partial charge >= 0.3 is 0 Å². The number of benzene rings is 1. The van der Waals surface area contributed by atoms with Gasteiger partial charge in [-0.3, -0.25) is 4.79 Å². The van der Waals surface area contributed by atoms with Crippen LogP contribution in [0.4, 0.5) is 5.69 Å². The Hall–Kier alpha value is -1.90. The number of thiophene rings is 1. The molecule has 6 nitrogen and oxygen atoms in total. The van der Waals surface area contributed by atoms with Crippen LogP contribution in [0.1, 0.15) is 29.6 Å². The molecular formula is C17H20N2O4S2. The summed E-state index contributed by atoms with van der Waals surface area (Å²) < 4.78 is 32.4. The summed E-state index contributed by atoms with van der Waals surface area (Å²) in [4.78, 5) is 12.4. The van der Waals surface area contributed by atoms with Crippen LogP contribution in [0.15, 0.2) is 39.9 Å². The number of piperidine rings is 1. The number of rotatable bonds is 5. The number of sulfonamides is 1. The lowest BCUT2D eigenvalue weighted by Gasteiger charge is -2.26. The van der Waals surface area contributed by atoms with Gasteiger partial charge in [0.1, 0.15) is 5.75 Å². The van der Waals surface area contributed by atoms with E-state index in [4.69, 9.17) is 4.74 Å². The first-order chi connectivity index (χ1) is 12.0. The third kappa shape index (κ3) is 3.86. The number of hydrogen-bond donors (Lipinski definition) is 1. The summed E-state index contributed by atoms with van der Waals surface area (Å²) in [6.45, 7) is 1.07. The fraction of sp³-hybridized carbons (Fsp3) is 0.353. The van der Waals surface area contributed by atoms with E-state index in [1.165, 1.54) is 34.9 Å². The highest BCUT2D eigenvalue weighted by atomic mass is 32.2. The molecule has 1 aromatic heterocycles. The number of ether oxygens (including phenoxy) is 1. The molecular weight excluding hydrogens is 360 g/mol. The third-order valence-corrected chi connectivity index (χ3v) is 6.73. The maximum atomic E-state index is 12.8. The second-order valence-electron chi connectivity index (χ2n) is 5.79. The molecule has 1 aromatic carbocycles. The second-order valence-corrected chi connectivity index (χ2v) is 8.51. The topological polar surface area (TPSA) is 75.7 Å². The number of nitrogens with one attached hydrogen (secondary N) is 1. The Bertz CT molecular complexity index is 842. The summed E-state index contributed by atoms with van der Waals surface area (Å²) in [5.74, 6) is 0.119. The van der Waals surface area contributed by atoms with E-state index in [2.05, 4.69) is 5.32 Å². The van der Waals surface area contributed by atoms with Crippen molar-refractivity contribution in [2.45, 2.75) is 24.2 Å². The zero-order valence-corrected chi connectivity index (χ0v) is 15.5. The average molecular weight is 380 g/mol. The molecule has 0 bridgehead atoms. The van der Waals surface area contributed by atoms with E-state index in [1.54, 1.807) is 17.5 Å². The monoisotopic (exact) mass is 380 g/mol. The largest absolute Gasteiger partial charge is 0.495 e. The van der Waals surface area contributed by atoms with Gasteiger partial charge in [-0.1, -0.05) is 6.42 Å². The Kier molecular flexibility index (Phi) is 5.41. The van der Waals surface area contributed by atoms with Gasteiger partial charge in [0.2, 0.25) is 10.0 Å². The van der Waals surface area contributed by atoms with Gasteiger partial charge in [0.05, 0.1) is 23.3 Å². The summed E-state index contributed by atoms with van der Waals surface area (Å²) in [5, 5.41) is 6.28.